The third-order valence-electron chi connectivity index (χ3n) is 5.29. The van der Waals surface area contributed by atoms with Crippen molar-refractivity contribution in [1.29, 1.82) is 0 Å². The average Bonchev–Trinajstić information content (AvgIpc) is 2.92. The lowest BCUT2D eigenvalue weighted by atomic mass is 9.69. The fraction of sp³-hybridized carbons (Fsp3) is 0.684. The number of carbonyl (C=O) groups excluding carboxylic acids is 2. The van der Waals surface area contributed by atoms with E-state index >= 15 is 0 Å². The van der Waals surface area contributed by atoms with Gasteiger partial charge < -0.3 is 14.8 Å². The predicted octanol–water partition coefficient (Wildman–Crippen LogP) is 4.05. The van der Waals surface area contributed by atoms with Crippen LogP contribution in [0.15, 0.2) is 0 Å². The summed E-state index contributed by atoms with van der Waals surface area (Å²) in [6.45, 7) is 8.92. The molecule has 2 rings (SSSR count). The van der Waals surface area contributed by atoms with Crippen molar-refractivity contribution in [3.8, 4) is 0 Å². The zero-order valence-corrected chi connectivity index (χ0v) is 16.7. The van der Waals surface area contributed by atoms with Gasteiger partial charge in [0.2, 0.25) is 0 Å². The molecule has 5 nitrogen and oxygen atoms in total. The first-order valence-corrected chi connectivity index (χ1v) is 9.76. The topological polar surface area (TPSA) is 64.6 Å². The van der Waals surface area contributed by atoms with Crippen LogP contribution in [0, 0.1) is 11.3 Å². The van der Waals surface area contributed by atoms with Crippen molar-refractivity contribution in [3.63, 3.8) is 0 Å². The van der Waals surface area contributed by atoms with Crippen molar-refractivity contribution < 1.29 is 19.1 Å². The standard InChI is InChI=1S/C19H29NO4S/c1-6-19(3,4)12-8-9-13-14(10-12)25-17(20-15(21)11-23-5)16(13)18(22)24-7-2/h12H,6-11H2,1-5H3,(H,20,21)/t12-/m1/s1. The Morgan fingerprint density at radius 3 is 2.64 bits per heavy atom. The van der Waals surface area contributed by atoms with Gasteiger partial charge in [-0.15, -0.1) is 11.3 Å². The summed E-state index contributed by atoms with van der Waals surface area (Å²) in [7, 11) is 1.47. The lowest BCUT2D eigenvalue weighted by Crippen LogP contribution is -2.28. The van der Waals surface area contributed by atoms with Gasteiger partial charge in [0.25, 0.3) is 5.91 Å². The maximum absolute atomic E-state index is 12.5. The van der Waals surface area contributed by atoms with Crippen molar-refractivity contribution in [2.75, 3.05) is 25.6 Å². The number of fused-ring (bicyclic) bond motifs is 1. The number of amides is 1. The maximum Gasteiger partial charge on any atom is 0.341 e. The lowest BCUT2D eigenvalue weighted by molar-refractivity contribution is -0.119. The van der Waals surface area contributed by atoms with E-state index in [1.807, 2.05) is 0 Å². The number of methoxy groups -OCH3 is 1. The van der Waals surface area contributed by atoms with Gasteiger partial charge in [-0.3, -0.25) is 4.79 Å². The first-order chi connectivity index (χ1) is 11.8. The zero-order chi connectivity index (χ0) is 18.6. The number of hydrogen-bond donors (Lipinski definition) is 1. The van der Waals surface area contributed by atoms with Crippen LogP contribution in [0.2, 0.25) is 0 Å². The Kier molecular flexibility index (Phi) is 6.63. The highest BCUT2D eigenvalue weighted by molar-refractivity contribution is 7.17. The van der Waals surface area contributed by atoms with E-state index in [2.05, 4.69) is 26.1 Å². The van der Waals surface area contributed by atoms with Crippen molar-refractivity contribution in [2.24, 2.45) is 11.3 Å². The van der Waals surface area contributed by atoms with Crippen LogP contribution < -0.4 is 5.32 Å². The molecule has 140 valence electrons. The highest BCUT2D eigenvalue weighted by Crippen LogP contribution is 2.45. The second kappa shape index (κ2) is 8.32. The van der Waals surface area contributed by atoms with Crippen LogP contribution in [0.4, 0.5) is 5.00 Å². The number of thiophene rings is 1. The van der Waals surface area contributed by atoms with Crippen LogP contribution in [0.1, 0.15) is 61.3 Å². The second-order valence-electron chi connectivity index (χ2n) is 7.19. The molecule has 1 aromatic heterocycles. The van der Waals surface area contributed by atoms with Gasteiger partial charge in [0.15, 0.2) is 0 Å². The molecule has 0 radical (unpaired) electrons. The summed E-state index contributed by atoms with van der Waals surface area (Å²) in [4.78, 5) is 25.6. The molecule has 0 saturated carbocycles. The van der Waals surface area contributed by atoms with Crippen molar-refractivity contribution in [2.45, 2.75) is 53.4 Å². The van der Waals surface area contributed by atoms with Gasteiger partial charge in [-0.1, -0.05) is 27.2 Å². The molecule has 1 amide bonds. The third kappa shape index (κ3) is 4.42. The third-order valence-corrected chi connectivity index (χ3v) is 6.46. The minimum atomic E-state index is -0.346. The highest BCUT2D eigenvalue weighted by atomic mass is 32.1. The molecular formula is C19H29NO4S. The van der Waals surface area contributed by atoms with Gasteiger partial charge in [-0.25, -0.2) is 4.79 Å². The van der Waals surface area contributed by atoms with Crippen molar-refractivity contribution in [3.05, 3.63) is 16.0 Å². The summed E-state index contributed by atoms with van der Waals surface area (Å²) in [5.41, 5.74) is 1.86. The van der Waals surface area contributed by atoms with Crippen LogP contribution in [0.25, 0.3) is 0 Å². The number of esters is 1. The molecule has 0 spiro atoms. The summed E-state index contributed by atoms with van der Waals surface area (Å²) in [5, 5.41) is 3.43. The summed E-state index contributed by atoms with van der Waals surface area (Å²) < 4.78 is 10.1. The normalized spacial score (nSPS) is 17.1. The van der Waals surface area contributed by atoms with E-state index in [1.165, 1.54) is 23.3 Å². The van der Waals surface area contributed by atoms with E-state index in [1.54, 1.807) is 6.92 Å². The van der Waals surface area contributed by atoms with Crippen LogP contribution in [-0.4, -0.2) is 32.2 Å². The maximum atomic E-state index is 12.5. The van der Waals surface area contributed by atoms with Crippen molar-refractivity contribution >= 4 is 28.2 Å². The number of carbonyl (C=O) groups is 2. The summed E-state index contributed by atoms with van der Waals surface area (Å²) in [6.07, 6.45) is 3.99. The first-order valence-electron chi connectivity index (χ1n) is 8.94. The first kappa shape index (κ1) is 19.9. The van der Waals surface area contributed by atoms with E-state index < -0.39 is 0 Å². The van der Waals surface area contributed by atoms with Crippen LogP contribution in [-0.2, 0) is 27.1 Å². The molecule has 0 aromatic carbocycles. The summed E-state index contributed by atoms with van der Waals surface area (Å²) in [5.74, 6) is -0.0146. The minimum Gasteiger partial charge on any atom is -0.462 e. The summed E-state index contributed by atoms with van der Waals surface area (Å²) >= 11 is 1.51. The van der Waals surface area contributed by atoms with Gasteiger partial charge >= 0.3 is 5.97 Å². The molecule has 0 unspecified atom stereocenters. The van der Waals surface area contributed by atoms with Crippen LogP contribution in [0.3, 0.4) is 0 Å². The Labute approximate surface area is 154 Å². The molecule has 1 atom stereocenters. The fourth-order valence-corrected chi connectivity index (χ4v) is 4.67. The Morgan fingerprint density at radius 1 is 1.32 bits per heavy atom. The Bertz CT molecular complexity index is 636. The van der Waals surface area contributed by atoms with Gasteiger partial charge in [-0.2, -0.15) is 0 Å². The molecular weight excluding hydrogens is 338 g/mol. The van der Waals surface area contributed by atoms with Crippen LogP contribution in [0.5, 0.6) is 0 Å². The number of anilines is 1. The molecule has 1 aliphatic carbocycles. The fourth-order valence-electron chi connectivity index (χ4n) is 3.34. The monoisotopic (exact) mass is 367 g/mol. The lowest BCUT2D eigenvalue weighted by Gasteiger charge is -2.36. The van der Waals surface area contributed by atoms with Crippen LogP contribution >= 0.6 is 11.3 Å². The molecule has 0 aliphatic heterocycles. The number of ether oxygens (including phenoxy) is 2. The van der Waals surface area contributed by atoms with E-state index in [9.17, 15) is 9.59 Å². The molecule has 1 aliphatic rings. The Morgan fingerprint density at radius 2 is 2.04 bits per heavy atom. The number of nitrogens with one attached hydrogen (secondary N) is 1. The SMILES string of the molecule is CCOC(=O)c1c(NC(=O)COC)sc2c1CC[C@@H](C(C)(C)CC)C2. The summed E-state index contributed by atoms with van der Waals surface area (Å²) in [6, 6.07) is 0. The molecule has 0 saturated heterocycles. The zero-order valence-electron chi connectivity index (χ0n) is 15.9. The smallest absolute Gasteiger partial charge is 0.341 e. The number of hydrogen-bond acceptors (Lipinski definition) is 5. The minimum absolute atomic E-state index is 0.0314. The Hall–Kier alpha value is -1.40. The molecule has 6 heteroatoms. The average molecular weight is 368 g/mol. The van der Waals surface area contributed by atoms with E-state index in [0.717, 1.165) is 31.2 Å². The molecule has 1 heterocycles. The van der Waals surface area contributed by atoms with E-state index in [-0.39, 0.29) is 23.9 Å². The van der Waals surface area contributed by atoms with Gasteiger partial charge in [0.1, 0.15) is 11.6 Å². The molecule has 1 aromatic rings. The quantitative estimate of drug-likeness (QED) is 0.739. The van der Waals surface area contributed by atoms with Gasteiger partial charge in [-0.05, 0) is 43.1 Å². The molecule has 0 bridgehead atoms. The highest BCUT2D eigenvalue weighted by Gasteiger charge is 2.35. The van der Waals surface area contributed by atoms with Crippen molar-refractivity contribution in [1.82, 2.24) is 0 Å². The van der Waals surface area contributed by atoms with E-state index in [0.29, 0.717) is 23.1 Å². The Balaban J connectivity index is 2.35. The molecule has 0 fully saturated rings. The molecule has 1 N–H and O–H groups in total. The second-order valence-corrected chi connectivity index (χ2v) is 8.30. The largest absolute Gasteiger partial charge is 0.462 e. The van der Waals surface area contributed by atoms with Gasteiger partial charge in [0, 0.05) is 12.0 Å². The number of rotatable bonds is 7. The predicted molar refractivity (Wildman–Crippen MR) is 100 cm³/mol. The molecule has 25 heavy (non-hydrogen) atoms. The van der Waals surface area contributed by atoms with Gasteiger partial charge in [0.05, 0.1) is 12.2 Å². The van der Waals surface area contributed by atoms with E-state index in [4.69, 9.17) is 9.47 Å².